The fourth-order valence-electron chi connectivity index (χ4n) is 2.64. The maximum absolute atomic E-state index is 13.7. The molecule has 0 saturated carbocycles. The smallest absolute Gasteiger partial charge is 0.234 e. The summed E-state index contributed by atoms with van der Waals surface area (Å²) in [5.74, 6) is -0.378. The van der Waals surface area contributed by atoms with Crippen LogP contribution in [0.4, 0.5) is 4.39 Å². The Balaban J connectivity index is 1.91. The van der Waals surface area contributed by atoms with Crippen LogP contribution in [0.1, 0.15) is 24.1 Å². The molecule has 1 amide bonds. The summed E-state index contributed by atoms with van der Waals surface area (Å²) in [7, 11) is 3.21. The van der Waals surface area contributed by atoms with E-state index in [1.807, 2.05) is 6.92 Å². The van der Waals surface area contributed by atoms with Crippen molar-refractivity contribution in [3.63, 3.8) is 0 Å². The normalized spacial score (nSPS) is 12.1. The molecular weight excluding hydrogens is 378 g/mol. The van der Waals surface area contributed by atoms with Crippen molar-refractivity contribution < 1.29 is 13.9 Å². The molecule has 2 aromatic carbocycles. The van der Waals surface area contributed by atoms with Gasteiger partial charge in [-0.2, -0.15) is 0 Å². The quantitative estimate of drug-likeness (QED) is 0.748. The van der Waals surface area contributed by atoms with Crippen LogP contribution in [0.2, 0.25) is 10.0 Å². The average Bonchev–Trinajstić information content (AvgIpc) is 2.54. The number of nitrogens with zero attached hydrogens (tertiary/aromatic N) is 1. The first-order valence-electron chi connectivity index (χ1n) is 8.05. The molecule has 0 radical (unpaired) electrons. The van der Waals surface area contributed by atoms with Gasteiger partial charge in [-0.05, 0) is 49.4 Å². The molecule has 1 N–H and O–H groups in total. The van der Waals surface area contributed by atoms with E-state index >= 15 is 0 Å². The summed E-state index contributed by atoms with van der Waals surface area (Å²) in [6, 6.07) is 9.67. The van der Waals surface area contributed by atoms with E-state index in [1.165, 1.54) is 13.2 Å². The molecule has 1 unspecified atom stereocenters. The van der Waals surface area contributed by atoms with Crippen molar-refractivity contribution in [2.75, 3.05) is 20.7 Å². The minimum absolute atomic E-state index is 0.153. The number of rotatable bonds is 7. The summed E-state index contributed by atoms with van der Waals surface area (Å²) in [4.78, 5) is 14.1. The lowest BCUT2D eigenvalue weighted by molar-refractivity contribution is -0.122. The molecule has 2 rings (SSSR count). The molecule has 0 aromatic heterocycles. The van der Waals surface area contributed by atoms with Crippen LogP contribution in [-0.4, -0.2) is 31.5 Å². The summed E-state index contributed by atoms with van der Waals surface area (Å²) in [6.45, 7) is 2.46. The van der Waals surface area contributed by atoms with Crippen LogP contribution in [0.15, 0.2) is 36.4 Å². The lowest BCUT2D eigenvalue weighted by Crippen LogP contribution is -2.36. The molecule has 0 bridgehead atoms. The van der Waals surface area contributed by atoms with Gasteiger partial charge >= 0.3 is 0 Å². The minimum atomic E-state index is -0.422. The molecule has 4 nitrogen and oxygen atoms in total. The highest BCUT2D eigenvalue weighted by atomic mass is 35.5. The highest BCUT2D eigenvalue weighted by molar-refractivity contribution is 6.35. The second-order valence-electron chi connectivity index (χ2n) is 6.10. The molecule has 0 spiro atoms. The Morgan fingerprint density at radius 1 is 1.27 bits per heavy atom. The Hall–Kier alpha value is -1.82. The van der Waals surface area contributed by atoms with Crippen LogP contribution < -0.4 is 10.1 Å². The van der Waals surface area contributed by atoms with Crippen molar-refractivity contribution in [1.29, 1.82) is 0 Å². The number of nitrogens with one attached hydrogen (secondary N) is 1. The molecule has 0 heterocycles. The van der Waals surface area contributed by atoms with Crippen molar-refractivity contribution in [2.45, 2.75) is 19.5 Å². The third-order valence-electron chi connectivity index (χ3n) is 3.89. The third-order valence-corrected chi connectivity index (χ3v) is 4.45. The van der Waals surface area contributed by atoms with Crippen LogP contribution in [0.25, 0.3) is 0 Å². The van der Waals surface area contributed by atoms with Gasteiger partial charge in [-0.25, -0.2) is 4.39 Å². The standard InChI is InChI=1S/C19H21Cl2FN2O2/c1-12(15-6-5-14(20)9-16(15)21)23-19(25)11-24(2)10-13-4-7-18(26-3)17(22)8-13/h4-9,12H,10-11H2,1-3H3,(H,23,25). The van der Waals surface area contributed by atoms with Gasteiger partial charge in [0.2, 0.25) is 5.91 Å². The van der Waals surface area contributed by atoms with E-state index in [0.29, 0.717) is 16.6 Å². The van der Waals surface area contributed by atoms with Gasteiger partial charge in [0, 0.05) is 16.6 Å². The number of methoxy groups -OCH3 is 1. The molecule has 0 aliphatic heterocycles. The van der Waals surface area contributed by atoms with Gasteiger partial charge < -0.3 is 10.1 Å². The van der Waals surface area contributed by atoms with E-state index in [-0.39, 0.29) is 24.2 Å². The molecule has 2 aromatic rings. The van der Waals surface area contributed by atoms with Gasteiger partial charge in [0.15, 0.2) is 11.6 Å². The number of halogens is 3. The zero-order valence-electron chi connectivity index (χ0n) is 14.9. The highest BCUT2D eigenvalue weighted by Gasteiger charge is 2.15. The molecule has 0 fully saturated rings. The summed E-state index contributed by atoms with van der Waals surface area (Å²) in [5.41, 5.74) is 1.55. The number of amides is 1. The van der Waals surface area contributed by atoms with Crippen LogP contribution in [0.5, 0.6) is 5.75 Å². The van der Waals surface area contributed by atoms with Crippen molar-refractivity contribution >= 4 is 29.1 Å². The Morgan fingerprint density at radius 3 is 2.62 bits per heavy atom. The molecular formula is C19H21Cl2FN2O2. The Morgan fingerprint density at radius 2 is 2.00 bits per heavy atom. The maximum atomic E-state index is 13.7. The van der Waals surface area contributed by atoms with Crippen LogP contribution in [0.3, 0.4) is 0 Å². The number of hydrogen-bond donors (Lipinski definition) is 1. The van der Waals surface area contributed by atoms with Crippen LogP contribution >= 0.6 is 23.2 Å². The lowest BCUT2D eigenvalue weighted by atomic mass is 10.1. The number of hydrogen-bond acceptors (Lipinski definition) is 3. The van der Waals surface area contributed by atoms with E-state index in [9.17, 15) is 9.18 Å². The van der Waals surface area contributed by atoms with Gasteiger partial charge in [-0.1, -0.05) is 35.3 Å². The first-order chi connectivity index (χ1) is 12.3. The summed E-state index contributed by atoms with van der Waals surface area (Å²) in [5, 5.41) is 3.95. The molecule has 26 heavy (non-hydrogen) atoms. The molecule has 0 aliphatic carbocycles. The van der Waals surface area contributed by atoms with Gasteiger partial charge in [0.05, 0.1) is 19.7 Å². The van der Waals surface area contributed by atoms with Crippen LogP contribution in [-0.2, 0) is 11.3 Å². The number of ether oxygens (including phenoxy) is 1. The Bertz CT molecular complexity index is 786. The molecule has 1 atom stereocenters. The van der Waals surface area contributed by atoms with Crippen LogP contribution in [0, 0.1) is 5.82 Å². The molecule has 0 saturated heterocycles. The van der Waals surface area contributed by atoms with E-state index in [4.69, 9.17) is 27.9 Å². The Labute approximate surface area is 162 Å². The second kappa shape index (κ2) is 9.21. The topological polar surface area (TPSA) is 41.6 Å². The largest absolute Gasteiger partial charge is 0.494 e. The highest BCUT2D eigenvalue weighted by Crippen LogP contribution is 2.26. The fourth-order valence-corrected chi connectivity index (χ4v) is 3.21. The van der Waals surface area contributed by atoms with E-state index < -0.39 is 5.82 Å². The van der Waals surface area contributed by atoms with Gasteiger partial charge in [-0.15, -0.1) is 0 Å². The molecule has 140 valence electrons. The van der Waals surface area contributed by atoms with Gasteiger partial charge in [0.25, 0.3) is 0 Å². The van der Waals surface area contributed by atoms with E-state index in [1.54, 1.807) is 42.3 Å². The molecule has 0 aliphatic rings. The molecule has 7 heteroatoms. The number of likely N-dealkylation sites (N-methyl/N-ethyl adjacent to an activating group) is 1. The Kier molecular flexibility index (Phi) is 7.26. The maximum Gasteiger partial charge on any atom is 0.234 e. The zero-order valence-corrected chi connectivity index (χ0v) is 16.4. The predicted octanol–water partition coefficient (Wildman–Crippen LogP) is 4.45. The van der Waals surface area contributed by atoms with Crippen molar-refractivity contribution in [1.82, 2.24) is 10.2 Å². The first kappa shape index (κ1) is 20.5. The summed E-state index contributed by atoms with van der Waals surface area (Å²) < 4.78 is 18.6. The second-order valence-corrected chi connectivity index (χ2v) is 6.94. The SMILES string of the molecule is COc1ccc(CN(C)CC(=O)NC(C)c2ccc(Cl)cc2Cl)cc1F. The lowest BCUT2D eigenvalue weighted by Gasteiger charge is -2.20. The van der Waals surface area contributed by atoms with Crippen molar-refractivity contribution in [3.8, 4) is 5.75 Å². The number of carbonyl (C=O) groups is 1. The summed E-state index contributed by atoms with van der Waals surface area (Å²) in [6.07, 6.45) is 0. The average molecular weight is 399 g/mol. The third kappa shape index (κ3) is 5.59. The summed E-state index contributed by atoms with van der Waals surface area (Å²) >= 11 is 12.1. The van der Waals surface area contributed by atoms with Gasteiger partial charge in [-0.3, -0.25) is 9.69 Å². The zero-order chi connectivity index (χ0) is 19.3. The van der Waals surface area contributed by atoms with E-state index in [2.05, 4.69) is 5.32 Å². The number of carbonyl (C=O) groups excluding carboxylic acids is 1. The predicted molar refractivity (Wildman–Crippen MR) is 102 cm³/mol. The number of benzene rings is 2. The monoisotopic (exact) mass is 398 g/mol. The van der Waals surface area contributed by atoms with E-state index in [0.717, 1.165) is 11.1 Å². The van der Waals surface area contributed by atoms with Gasteiger partial charge in [0.1, 0.15) is 0 Å². The fraction of sp³-hybridized carbons (Fsp3) is 0.316. The first-order valence-corrected chi connectivity index (χ1v) is 8.81. The minimum Gasteiger partial charge on any atom is -0.494 e. The van der Waals surface area contributed by atoms with Crippen molar-refractivity contribution in [3.05, 3.63) is 63.4 Å². The van der Waals surface area contributed by atoms with Crippen molar-refractivity contribution in [2.24, 2.45) is 0 Å².